The van der Waals surface area contributed by atoms with Gasteiger partial charge in [0.1, 0.15) is 5.56 Å². The zero-order chi connectivity index (χ0) is 18.6. The van der Waals surface area contributed by atoms with Crippen LogP contribution in [-0.2, 0) is 4.74 Å². The molecule has 10 nitrogen and oxygen atoms in total. The van der Waals surface area contributed by atoms with Gasteiger partial charge in [0, 0.05) is 6.07 Å². The van der Waals surface area contributed by atoms with Gasteiger partial charge in [-0.1, -0.05) is 5.16 Å². The average molecular weight is 351 g/mol. The highest BCUT2D eigenvalue weighted by Gasteiger charge is 2.28. The topological polar surface area (TPSA) is 127 Å². The zero-order valence-electron chi connectivity index (χ0n) is 14.1. The van der Waals surface area contributed by atoms with Crippen LogP contribution in [0.2, 0.25) is 0 Å². The number of aryl methyl sites for hydroxylation is 1. The summed E-state index contributed by atoms with van der Waals surface area (Å²) in [5, 5.41) is 14.9. The number of aromatic nitrogens is 2. The van der Waals surface area contributed by atoms with Crippen LogP contribution in [0, 0.1) is 17.0 Å². The van der Waals surface area contributed by atoms with Gasteiger partial charge >= 0.3 is 5.97 Å². The van der Waals surface area contributed by atoms with Gasteiger partial charge in [-0.3, -0.25) is 10.1 Å². The minimum absolute atomic E-state index is 0.0893. The normalized spacial score (nSPS) is 11.7. The zero-order valence-corrected chi connectivity index (χ0v) is 14.1. The molecule has 0 aliphatic rings. The number of hydrogen-bond acceptors (Lipinski definition) is 9. The summed E-state index contributed by atoms with van der Waals surface area (Å²) < 4.78 is 20.5. The van der Waals surface area contributed by atoms with Gasteiger partial charge in [0.25, 0.3) is 11.6 Å². The van der Waals surface area contributed by atoms with Crippen LogP contribution in [0.1, 0.15) is 42.0 Å². The van der Waals surface area contributed by atoms with Crippen LogP contribution < -0.4 is 9.47 Å². The molecule has 0 saturated carbocycles. The highest BCUT2D eigenvalue weighted by atomic mass is 16.6. The van der Waals surface area contributed by atoms with Gasteiger partial charge in [-0.2, -0.15) is 4.98 Å². The molecule has 1 aromatic heterocycles. The first kappa shape index (κ1) is 18.2. The fraction of sp³-hybridized carbons (Fsp3) is 0.400. The highest BCUT2D eigenvalue weighted by Crippen LogP contribution is 2.35. The SMILES string of the molecule is CCOc1cc([N+](=O)[O-])c(C(=O)OC(C)c2nc(C)no2)cc1OC. The van der Waals surface area contributed by atoms with E-state index in [4.69, 9.17) is 18.7 Å². The number of esters is 1. The number of rotatable bonds is 7. The minimum Gasteiger partial charge on any atom is -0.493 e. The van der Waals surface area contributed by atoms with Crippen LogP contribution in [0.3, 0.4) is 0 Å². The van der Waals surface area contributed by atoms with Crippen LogP contribution in [0.5, 0.6) is 11.5 Å². The van der Waals surface area contributed by atoms with Gasteiger partial charge in [-0.15, -0.1) is 0 Å². The van der Waals surface area contributed by atoms with Crippen molar-refractivity contribution in [1.82, 2.24) is 10.1 Å². The summed E-state index contributed by atoms with van der Waals surface area (Å²) >= 11 is 0. The van der Waals surface area contributed by atoms with E-state index in [0.29, 0.717) is 5.82 Å². The average Bonchev–Trinajstić information content (AvgIpc) is 3.01. The lowest BCUT2D eigenvalue weighted by Crippen LogP contribution is -2.12. The Morgan fingerprint density at radius 3 is 2.64 bits per heavy atom. The van der Waals surface area contributed by atoms with Gasteiger partial charge in [0.2, 0.25) is 0 Å². The summed E-state index contributed by atoms with van der Waals surface area (Å²) in [6.45, 7) is 5.14. The molecule has 134 valence electrons. The third-order valence-electron chi connectivity index (χ3n) is 3.17. The molecule has 0 saturated heterocycles. The molecule has 2 rings (SSSR count). The van der Waals surface area contributed by atoms with Crippen molar-refractivity contribution >= 4 is 11.7 Å². The van der Waals surface area contributed by atoms with Crippen molar-refractivity contribution in [3.63, 3.8) is 0 Å². The van der Waals surface area contributed by atoms with Gasteiger partial charge < -0.3 is 18.7 Å². The lowest BCUT2D eigenvalue weighted by Gasteiger charge is -2.13. The molecular weight excluding hydrogens is 334 g/mol. The van der Waals surface area contributed by atoms with E-state index in [2.05, 4.69) is 10.1 Å². The maximum atomic E-state index is 12.4. The molecule has 0 aliphatic carbocycles. The summed E-state index contributed by atoms with van der Waals surface area (Å²) in [7, 11) is 1.36. The largest absolute Gasteiger partial charge is 0.493 e. The standard InChI is InChI=1S/C15H17N3O7/c1-5-23-13-7-11(18(20)21)10(6-12(13)22-4)15(19)24-8(2)14-16-9(3)17-25-14/h6-8H,5H2,1-4H3. The third-order valence-corrected chi connectivity index (χ3v) is 3.17. The van der Waals surface area contributed by atoms with Crippen LogP contribution in [-0.4, -0.2) is 34.7 Å². The molecule has 2 aromatic rings. The van der Waals surface area contributed by atoms with Gasteiger partial charge in [0.15, 0.2) is 23.4 Å². The third kappa shape index (κ3) is 4.03. The molecule has 0 amide bonds. The molecule has 0 spiro atoms. The molecule has 0 N–H and O–H groups in total. The molecule has 10 heteroatoms. The van der Waals surface area contributed by atoms with E-state index >= 15 is 0 Å². The van der Waals surface area contributed by atoms with E-state index < -0.39 is 22.7 Å². The lowest BCUT2D eigenvalue weighted by molar-refractivity contribution is -0.385. The van der Waals surface area contributed by atoms with E-state index in [1.165, 1.54) is 20.1 Å². The second-order valence-corrected chi connectivity index (χ2v) is 4.94. The second-order valence-electron chi connectivity index (χ2n) is 4.94. The van der Waals surface area contributed by atoms with E-state index in [1.807, 2.05) is 0 Å². The van der Waals surface area contributed by atoms with Crippen LogP contribution in [0.4, 0.5) is 5.69 Å². The molecule has 0 aliphatic heterocycles. The first-order valence-electron chi connectivity index (χ1n) is 7.37. The number of carbonyl (C=O) groups excluding carboxylic acids is 1. The molecule has 1 aromatic carbocycles. The number of nitrogens with zero attached hydrogens (tertiary/aromatic N) is 3. The van der Waals surface area contributed by atoms with Crippen molar-refractivity contribution in [1.29, 1.82) is 0 Å². The van der Waals surface area contributed by atoms with Crippen LogP contribution in [0.15, 0.2) is 16.7 Å². The fourth-order valence-corrected chi connectivity index (χ4v) is 2.04. The number of carbonyl (C=O) groups is 1. The molecule has 1 heterocycles. The smallest absolute Gasteiger partial charge is 0.346 e. The van der Waals surface area contributed by atoms with Crippen molar-refractivity contribution in [3.05, 3.63) is 39.5 Å². The van der Waals surface area contributed by atoms with Crippen molar-refractivity contribution in [2.45, 2.75) is 26.9 Å². The Balaban J connectivity index is 2.35. The Morgan fingerprint density at radius 2 is 2.12 bits per heavy atom. The number of methoxy groups -OCH3 is 1. The number of ether oxygens (including phenoxy) is 3. The molecule has 1 atom stereocenters. The molecule has 25 heavy (non-hydrogen) atoms. The van der Waals surface area contributed by atoms with Gasteiger partial charge in [-0.05, 0) is 20.8 Å². The summed E-state index contributed by atoms with van der Waals surface area (Å²) in [5.41, 5.74) is -0.725. The van der Waals surface area contributed by atoms with Gasteiger partial charge in [-0.25, -0.2) is 4.79 Å². The molecule has 0 radical (unpaired) electrons. The summed E-state index contributed by atoms with van der Waals surface area (Å²) in [6, 6.07) is 2.33. The first-order chi connectivity index (χ1) is 11.9. The maximum absolute atomic E-state index is 12.4. The van der Waals surface area contributed by atoms with Crippen molar-refractivity contribution in [3.8, 4) is 11.5 Å². The van der Waals surface area contributed by atoms with E-state index in [0.717, 1.165) is 6.07 Å². The molecular formula is C15H17N3O7. The number of nitro groups is 1. The summed E-state index contributed by atoms with van der Waals surface area (Å²) in [5.74, 6) is -0.107. The van der Waals surface area contributed by atoms with Crippen molar-refractivity contribution in [2.24, 2.45) is 0 Å². The Morgan fingerprint density at radius 1 is 1.40 bits per heavy atom. The van der Waals surface area contributed by atoms with E-state index in [-0.39, 0.29) is 29.6 Å². The minimum atomic E-state index is -0.920. The van der Waals surface area contributed by atoms with Crippen molar-refractivity contribution in [2.75, 3.05) is 13.7 Å². The Bertz CT molecular complexity index is 787. The Kier molecular flexibility index (Phi) is 5.52. The number of benzene rings is 1. The van der Waals surface area contributed by atoms with E-state index in [9.17, 15) is 14.9 Å². The predicted octanol–water partition coefficient (Wildman–Crippen LogP) is 2.61. The fourth-order valence-electron chi connectivity index (χ4n) is 2.04. The Labute approximate surface area is 142 Å². The van der Waals surface area contributed by atoms with Crippen LogP contribution in [0.25, 0.3) is 0 Å². The molecule has 1 unspecified atom stereocenters. The second kappa shape index (κ2) is 7.60. The predicted molar refractivity (Wildman–Crippen MR) is 83.7 cm³/mol. The first-order valence-corrected chi connectivity index (χ1v) is 7.37. The number of nitro benzene ring substituents is 1. The van der Waals surface area contributed by atoms with Gasteiger partial charge in [0.05, 0.1) is 24.7 Å². The quantitative estimate of drug-likeness (QED) is 0.420. The summed E-state index contributed by atoms with van der Waals surface area (Å²) in [6.07, 6.45) is -0.870. The molecule has 0 fully saturated rings. The maximum Gasteiger partial charge on any atom is 0.346 e. The highest BCUT2D eigenvalue weighted by molar-refractivity contribution is 5.95. The molecule has 0 bridgehead atoms. The van der Waals surface area contributed by atoms with E-state index in [1.54, 1.807) is 13.8 Å². The monoisotopic (exact) mass is 351 g/mol. The Hall–Kier alpha value is -3.17. The lowest BCUT2D eigenvalue weighted by atomic mass is 10.1. The van der Waals surface area contributed by atoms with Crippen LogP contribution >= 0.6 is 0 Å². The number of hydrogen-bond donors (Lipinski definition) is 0. The van der Waals surface area contributed by atoms with Crippen molar-refractivity contribution < 1.29 is 28.5 Å². The summed E-state index contributed by atoms with van der Waals surface area (Å²) in [4.78, 5) is 26.9.